The molecule has 2 aromatic rings. The molecule has 0 bridgehead atoms. The molecule has 1 aliphatic rings. The lowest BCUT2D eigenvalue weighted by molar-refractivity contribution is 0.0228. The summed E-state index contributed by atoms with van der Waals surface area (Å²) in [6.45, 7) is 0. The number of aryl methyl sites for hydroxylation is 1. The van der Waals surface area contributed by atoms with Gasteiger partial charge in [0.2, 0.25) is 0 Å². The molecule has 3 rings (SSSR count). The van der Waals surface area contributed by atoms with Crippen LogP contribution >= 0.6 is 0 Å². The number of aromatic nitrogens is 3. The van der Waals surface area contributed by atoms with Gasteiger partial charge in [0, 0.05) is 19.4 Å². The Morgan fingerprint density at radius 3 is 2.79 bits per heavy atom. The number of carbonyl (C=O) groups excluding carboxylic acids is 1. The molecule has 0 spiro atoms. The minimum atomic E-state index is -0.732. The van der Waals surface area contributed by atoms with Crippen molar-refractivity contribution in [3.8, 4) is 0 Å². The molecule has 2 aromatic heterocycles. The van der Waals surface area contributed by atoms with Crippen LogP contribution in [-0.2, 0) is 7.05 Å². The zero-order chi connectivity index (χ0) is 17.3. The van der Waals surface area contributed by atoms with Crippen molar-refractivity contribution in [2.75, 3.05) is 0 Å². The number of hydrogen-bond donors (Lipinski definition) is 3. The van der Waals surface area contributed by atoms with Crippen molar-refractivity contribution >= 4 is 5.91 Å². The molecular weight excluding hydrogens is 312 g/mol. The molecular formula is C16H18N4O4. The van der Waals surface area contributed by atoms with Gasteiger partial charge >= 0.3 is 5.69 Å². The fraction of sp³-hybridized carbons (Fsp3) is 0.375. The first-order valence-corrected chi connectivity index (χ1v) is 7.65. The molecule has 8 nitrogen and oxygen atoms in total. The number of nitrogens with zero attached hydrogens (tertiary/aromatic N) is 2. The molecule has 8 heteroatoms. The predicted molar refractivity (Wildman–Crippen MR) is 85.5 cm³/mol. The van der Waals surface area contributed by atoms with E-state index in [1.165, 1.54) is 13.2 Å². The molecule has 3 N–H and O–H groups in total. The van der Waals surface area contributed by atoms with Crippen LogP contribution in [0.5, 0.6) is 0 Å². The van der Waals surface area contributed by atoms with Crippen molar-refractivity contribution in [1.82, 2.24) is 19.9 Å². The number of aliphatic hydroxyl groups is 1. The Morgan fingerprint density at radius 1 is 1.42 bits per heavy atom. The van der Waals surface area contributed by atoms with Crippen molar-refractivity contribution < 1.29 is 9.90 Å². The summed E-state index contributed by atoms with van der Waals surface area (Å²) in [6, 6.07) is 4.98. The smallest absolute Gasteiger partial charge is 0.328 e. The molecule has 1 saturated carbocycles. The lowest BCUT2D eigenvalue weighted by Gasteiger charge is -2.37. The standard InChI is InChI=1S/C16H18N4O4/c1-20-8-11(15(23)19-16(20)24)14(22)18-13(9-6-10(21)7-9)12-4-2-3-5-17-12/h2-5,8-10,13,21H,6-7H2,1H3,(H,18,22)(H,19,23,24)/t9?,10?,13-/m1/s1. The summed E-state index contributed by atoms with van der Waals surface area (Å²) in [6.07, 6.45) is 3.58. The summed E-state index contributed by atoms with van der Waals surface area (Å²) in [5.74, 6) is -0.533. The number of aromatic amines is 1. The van der Waals surface area contributed by atoms with Crippen LogP contribution in [-0.4, -0.2) is 31.7 Å². The van der Waals surface area contributed by atoms with Crippen LogP contribution in [0.25, 0.3) is 0 Å². The van der Waals surface area contributed by atoms with E-state index in [1.54, 1.807) is 18.3 Å². The number of pyridine rings is 1. The largest absolute Gasteiger partial charge is 0.393 e. The molecule has 0 aromatic carbocycles. The maximum atomic E-state index is 12.5. The molecule has 1 amide bonds. The zero-order valence-electron chi connectivity index (χ0n) is 13.1. The minimum Gasteiger partial charge on any atom is -0.393 e. The topological polar surface area (TPSA) is 117 Å². The van der Waals surface area contributed by atoms with Gasteiger partial charge in [-0.15, -0.1) is 0 Å². The number of nitrogens with one attached hydrogen (secondary N) is 2. The molecule has 0 aliphatic heterocycles. The van der Waals surface area contributed by atoms with E-state index in [0.717, 1.165) is 4.57 Å². The summed E-state index contributed by atoms with van der Waals surface area (Å²) in [4.78, 5) is 42.1. The van der Waals surface area contributed by atoms with Gasteiger partial charge in [0.05, 0.1) is 17.8 Å². The fourth-order valence-corrected chi connectivity index (χ4v) is 2.84. The highest BCUT2D eigenvalue weighted by Crippen LogP contribution is 2.37. The lowest BCUT2D eigenvalue weighted by atomic mass is 9.76. The van der Waals surface area contributed by atoms with E-state index in [0.29, 0.717) is 18.5 Å². The normalized spacial score (nSPS) is 20.9. The second-order valence-corrected chi connectivity index (χ2v) is 6.00. The molecule has 0 unspecified atom stereocenters. The molecule has 0 saturated heterocycles. The van der Waals surface area contributed by atoms with E-state index in [9.17, 15) is 19.5 Å². The maximum Gasteiger partial charge on any atom is 0.328 e. The maximum absolute atomic E-state index is 12.5. The molecule has 126 valence electrons. The summed E-state index contributed by atoms with van der Waals surface area (Å²) in [5, 5.41) is 12.4. The van der Waals surface area contributed by atoms with Crippen molar-refractivity contribution in [2.45, 2.75) is 25.0 Å². The first-order chi connectivity index (χ1) is 11.5. The van der Waals surface area contributed by atoms with E-state index < -0.39 is 23.2 Å². The number of rotatable bonds is 4. The van der Waals surface area contributed by atoms with Gasteiger partial charge in [-0.3, -0.25) is 19.6 Å². The summed E-state index contributed by atoms with van der Waals surface area (Å²) >= 11 is 0. The van der Waals surface area contributed by atoms with Crippen LogP contribution in [0.1, 0.15) is 34.9 Å². The van der Waals surface area contributed by atoms with Crippen LogP contribution in [0.4, 0.5) is 0 Å². The van der Waals surface area contributed by atoms with Crippen LogP contribution in [0.2, 0.25) is 0 Å². The third-order valence-electron chi connectivity index (χ3n) is 4.27. The molecule has 2 heterocycles. The highest BCUT2D eigenvalue weighted by atomic mass is 16.3. The second-order valence-electron chi connectivity index (χ2n) is 6.00. The molecule has 0 radical (unpaired) electrons. The van der Waals surface area contributed by atoms with Gasteiger partial charge in [0.15, 0.2) is 0 Å². The predicted octanol–water partition coefficient (Wildman–Crippen LogP) is -0.289. The van der Waals surface area contributed by atoms with Gasteiger partial charge in [-0.2, -0.15) is 0 Å². The van der Waals surface area contributed by atoms with E-state index in [4.69, 9.17) is 0 Å². The van der Waals surface area contributed by atoms with Crippen LogP contribution in [0.15, 0.2) is 40.2 Å². The van der Waals surface area contributed by atoms with Gasteiger partial charge in [0.25, 0.3) is 11.5 Å². The number of aliphatic hydroxyl groups excluding tert-OH is 1. The SMILES string of the molecule is Cn1cc(C(=O)N[C@@H](c2ccccn2)C2CC(O)C2)c(=O)[nH]c1=O. The lowest BCUT2D eigenvalue weighted by Crippen LogP contribution is -2.43. The number of hydrogen-bond acceptors (Lipinski definition) is 5. The number of H-pyrrole nitrogens is 1. The highest BCUT2D eigenvalue weighted by Gasteiger charge is 2.36. The second kappa shape index (κ2) is 6.40. The van der Waals surface area contributed by atoms with Crippen molar-refractivity contribution in [1.29, 1.82) is 0 Å². The Kier molecular flexibility index (Phi) is 4.30. The quantitative estimate of drug-likeness (QED) is 0.712. The third kappa shape index (κ3) is 3.13. The van der Waals surface area contributed by atoms with Gasteiger partial charge in [0.1, 0.15) is 5.56 Å². The molecule has 1 fully saturated rings. The number of amides is 1. The Balaban J connectivity index is 1.88. The molecule has 1 aliphatic carbocycles. The summed E-state index contributed by atoms with van der Waals surface area (Å²) in [7, 11) is 1.45. The molecule has 24 heavy (non-hydrogen) atoms. The van der Waals surface area contributed by atoms with Crippen LogP contribution in [0.3, 0.4) is 0 Å². The first kappa shape index (κ1) is 16.1. The zero-order valence-corrected chi connectivity index (χ0v) is 13.1. The Morgan fingerprint density at radius 2 is 2.17 bits per heavy atom. The van der Waals surface area contributed by atoms with E-state index in [2.05, 4.69) is 15.3 Å². The van der Waals surface area contributed by atoms with Crippen molar-refractivity contribution in [3.05, 3.63) is 62.7 Å². The van der Waals surface area contributed by atoms with Gasteiger partial charge in [-0.05, 0) is 30.9 Å². The third-order valence-corrected chi connectivity index (χ3v) is 4.27. The summed E-state index contributed by atoms with van der Waals surface area (Å²) in [5.41, 5.74) is -0.786. The van der Waals surface area contributed by atoms with Gasteiger partial charge < -0.3 is 15.0 Å². The van der Waals surface area contributed by atoms with E-state index in [1.807, 2.05) is 6.07 Å². The summed E-state index contributed by atoms with van der Waals surface area (Å²) < 4.78 is 1.14. The van der Waals surface area contributed by atoms with Gasteiger partial charge in [-0.25, -0.2) is 4.79 Å². The van der Waals surface area contributed by atoms with Crippen LogP contribution in [0, 0.1) is 5.92 Å². The fourth-order valence-electron chi connectivity index (χ4n) is 2.84. The Bertz CT molecular complexity index is 852. The first-order valence-electron chi connectivity index (χ1n) is 7.65. The van der Waals surface area contributed by atoms with E-state index >= 15 is 0 Å². The monoisotopic (exact) mass is 330 g/mol. The average molecular weight is 330 g/mol. The van der Waals surface area contributed by atoms with Gasteiger partial charge in [-0.1, -0.05) is 6.07 Å². The highest BCUT2D eigenvalue weighted by molar-refractivity contribution is 5.93. The van der Waals surface area contributed by atoms with Crippen LogP contribution < -0.4 is 16.6 Å². The Labute approximate surface area is 137 Å². The van der Waals surface area contributed by atoms with Crippen molar-refractivity contribution in [2.24, 2.45) is 13.0 Å². The number of carbonyl (C=O) groups is 1. The average Bonchev–Trinajstić information content (AvgIpc) is 2.54. The Hall–Kier alpha value is -2.74. The molecule has 1 atom stereocenters. The van der Waals surface area contributed by atoms with E-state index in [-0.39, 0.29) is 17.6 Å². The van der Waals surface area contributed by atoms with Crippen molar-refractivity contribution in [3.63, 3.8) is 0 Å². The minimum absolute atomic E-state index is 0.0467.